The first-order chi connectivity index (χ1) is 15.6. The highest BCUT2D eigenvalue weighted by Crippen LogP contribution is 2.60. The number of amides is 1. The van der Waals surface area contributed by atoms with Gasteiger partial charge in [0.2, 0.25) is 11.7 Å². The highest BCUT2D eigenvalue weighted by Gasteiger charge is 2.54. The molecule has 0 unspecified atom stereocenters. The van der Waals surface area contributed by atoms with Gasteiger partial charge in [-0.3, -0.25) is 4.79 Å². The van der Waals surface area contributed by atoms with Gasteiger partial charge in [-0.25, -0.2) is 0 Å². The van der Waals surface area contributed by atoms with Crippen molar-refractivity contribution in [1.82, 2.24) is 10.1 Å². The van der Waals surface area contributed by atoms with Gasteiger partial charge in [0.1, 0.15) is 0 Å². The van der Waals surface area contributed by atoms with Crippen LogP contribution in [0.15, 0.2) is 56.8 Å². The van der Waals surface area contributed by atoms with E-state index in [1.54, 1.807) is 16.7 Å². The average Bonchev–Trinajstić information content (AvgIpc) is 3.26. The number of fused-ring (bicyclic) bond motifs is 2. The molecule has 1 amide bonds. The van der Waals surface area contributed by atoms with E-state index < -0.39 is 0 Å². The van der Waals surface area contributed by atoms with E-state index in [9.17, 15) is 4.79 Å². The minimum absolute atomic E-state index is 0.0169. The topological polar surface area (TPSA) is 59.2 Å². The predicted octanol–water partition coefficient (Wildman–Crippen LogP) is 5.95. The molecule has 0 radical (unpaired) electrons. The zero-order chi connectivity index (χ0) is 21.4. The molecule has 5 aliphatic rings. The van der Waals surface area contributed by atoms with Crippen LogP contribution in [-0.2, 0) is 5.41 Å². The summed E-state index contributed by atoms with van der Waals surface area (Å²) in [7, 11) is 1.84. The Morgan fingerprint density at radius 1 is 1.00 bits per heavy atom. The zero-order valence-corrected chi connectivity index (χ0v) is 18.9. The van der Waals surface area contributed by atoms with E-state index in [-0.39, 0.29) is 11.3 Å². The van der Waals surface area contributed by atoms with E-state index in [0.717, 1.165) is 50.2 Å². The van der Waals surface area contributed by atoms with Crippen molar-refractivity contribution < 1.29 is 9.32 Å². The van der Waals surface area contributed by atoms with Crippen molar-refractivity contribution in [1.29, 1.82) is 0 Å². The van der Waals surface area contributed by atoms with Crippen LogP contribution < -0.4 is 4.90 Å². The van der Waals surface area contributed by atoms with Gasteiger partial charge in [0.25, 0.3) is 5.91 Å². The highest BCUT2D eigenvalue weighted by molar-refractivity contribution is 7.99. The standard InChI is InChI=1S/C26H25N3O2S/c1-29-20-7-6-18(11-22(20)32-21-5-3-2-4-19(21)24(29)30)23-27-25(31-28-23)26-12-15-8-16(13-26)10-17(9-15)14-26/h2-7,11,15-17H,8-10,12-14H2,1H3. The maximum atomic E-state index is 12.9. The Morgan fingerprint density at radius 3 is 2.47 bits per heavy atom. The van der Waals surface area contributed by atoms with Crippen LogP contribution in [0.3, 0.4) is 0 Å². The van der Waals surface area contributed by atoms with Crippen molar-refractivity contribution >= 4 is 23.4 Å². The average molecular weight is 444 g/mol. The minimum Gasteiger partial charge on any atom is -0.338 e. The summed E-state index contributed by atoms with van der Waals surface area (Å²) in [5, 5.41) is 4.42. The lowest BCUT2D eigenvalue weighted by Crippen LogP contribution is -2.48. The van der Waals surface area contributed by atoms with Crippen molar-refractivity contribution in [3.05, 3.63) is 53.9 Å². The molecule has 4 bridgehead atoms. The van der Waals surface area contributed by atoms with Crippen molar-refractivity contribution in [3.63, 3.8) is 0 Å². The maximum Gasteiger partial charge on any atom is 0.259 e. The summed E-state index contributed by atoms with van der Waals surface area (Å²) >= 11 is 1.63. The molecule has 5 nitrogen and oxygen atoms in total. The monoisotopic (exact) mass is 443 g/mol. The van der Waals surface area contributed by atoms with Crippen LogP contribution in [0.2, 0.25) is 0 Å². The molecular formula is C26H25N3O2S. The molecule has 8 rings (SSSR count). The number of nitrogens with zero attached hydrogens (tertiary/aromatic N) is 3. The number of hydrogen-bond donors (Lipinski definition) is 0. The fraction of sp³-hybridized carbons (Fsp3) is 0.423. The van der Waals surface area contributed by atoms with Crippen LogP contribution in [0.4, 0.5) is 5.69 Å². The Hall–Kier alpha value is -2.60. The van der Waals surface area contributed by atoms with Gasteiger partial charge in [-0.05, 0) is 86.6 Å². The summed E-state index contributed by atoms with van der Waals surface area (Å²) in [5.74, 6) is 4.05. The summed E-state index contributed by atoms with van der Waals surface area (Å²) < 4.78 is 5.93. The highest BCUT2D eigenvalue weighted by atomic mass is 32.2. The van der Waals surface area contributed by atoms with E-state index in [2.05, 4.69) is 11.2 Å². The largest absolute Gasteiger partial charge is 0.338 e. The van der Waals surface area contributed by atoms with Gasteiger partial charge in [-0.2, -0.15) is 4.98 Å². The summed E-state index contributed by atoms with van der Waals surface area (Å²) in [4.78, 5) is 21.6. The van der Waals surface area contributed by atoms with Gasteiger partial charge in [-0.1, -0.05) is 29.1 Å². The third kappa shape index (κ3) is 2.75. The SMILES string of the molecule is CN1C(=O)c2ccccc2Sc2cc(-c3noc(C45CC6CC(CC(C6)C4)C5)n3)ccc21. The second-order valence-corrected chi connectivity index (χ2v) is 11.3. The van der Waals surface area contributed by atoms with E-state index in [1.807, 2.05) is 43.4 Å². The fourth-order valence-corrected chi connectivity index (χ4v) is 8.23. The van der Waals surface area contributed by atoms with Gasteiger partial charge in [-0.15, -0.1) is 0 Å². The lowest BCUT2D eigenvalue weighted by molar-refractivity contribution is -0.0201. The molecule has 0 spiro atoms. The molecule has 2 aromatic carbocycles. The van der Waals surface area contributed by atoms with Crippen molar-refractivity contribution in [3.8, 4) is 11.4 Å². The molecule has 0 saturated heterocycles. The molecule has 4 aliphatic carbocycles. The van der Waals surface area contributed by atoms with Gasteiger partial charge in [0.15, 0.2) is 0 Å². The molecule has 3 aromatic rings. The van der Waals surface area contributed by atoms with E-state index in [1.165, 1.54) is 38.5 Å². The molecule has 1 aromatic heterocycles. The first-order valence-electron chi connectivity index (χ1n) is 11.6. The zero-order valence-electron chi connectivity index (χ0n) is 18.1. The first-order valence-corrected chi connectivity index (χ1v) is 12.4. The number of carbonyl (C=O) groups excluding carboxylic acids is 1. The van der Waals surface area contributed by atoms with Crippen molar-refractivity contribution in [2.24, 2.45) is 17.8 Å². The summed E-state index contributed by atoms with van der Waals surface area (Å²) in [6, 6.07) is 13.9. The smallest absolute Gasteiger partial charge is 0.259 e. The molecule has 4 fully saturated rings. The van der Waals surface area contributed by atoms with E-state index in [4.69, 9.17) is 9.51 Å². The number of hydrogen-bond acceptors (Lipinski definition) is 5. The first kappa shape index (κ1) is 18.9. The Morgan fingerprint density at radius 2 is 1.72 bits per heavy atom. The van der Waals surface area contributed by atoms with Crippen molar-refractivity contribution in [2.45, 2.75) is 53.7 Å². The van der Waals surface area contributed by atoms with Gasteiger partial charge in [0.05, 0.1) is 16.7 Å². The van der Waals surface area contributed by atoms with Crippen LogP contribution in [-0.4, -0.2) is 23.1 Å². The number of anilines is 1. The van der Waals surface area contributed by atoms with Crippen LogP contribution in [0.1, 0.15) is 54.8 Å². The molecule has 162 valence electrons. The second-order valence-electron chi connectivity index (χ2n) is 10.3. The number of aromatic nitrogens is 2. The molecule has 0 N–H and O–H groups in total. The molecule has 4 saturated carbocycles. The summed E-state index contributed by atoms with van der Waals surface area (Å²) in [6.07, 6.45) is 7.83. The van der Waals surface area contributed by atoms with Crippen LogP contribution in [0, 0.1) is 17.8 Å². The lowest BCUT2D eigenvalue weighted by Gasteiger charge is -2.55. The Bertz CT molecular complexity index is 1210. The van der Waals surface area contributed by atoms with E-state index in [0.29, 0.717) is 5.82 Å². The number of carbonyl (C=O) groups is 1. The summed E-state index contributed by atoms with van der Waals surface area (Å²) in [5.41, 5.74) is 2.69. The second kappa shape index (κ2) is 6.70. The van der Waals surface area contributed by atoms with Crippen LogP contribution >= 0.6 is 11.8 Å². The minimum atomic E-state index is 0.0169. The molecule has 2 heterocycles. The molecule has 6 heteroatoms. The third-order valence-electron chi connectivity index (χ3n) is 8.14. The van der Waals surface area contributed by atoms with Gasteiger partial charge < -0.3 is 9.42 Å². The quantitative estimate of drug-likeness (QED) is 0.490. The lowest BCUT2D eigenvalue weighted by atomic mass is 9.49. The van der Waals surface area contributed by atoms with Gasteiger partial charge >= 0.3 is 0 Å². The molecule has 1 aliphatic heterocycles. The number of rotatable bonds is 2. The Balaban J connectivity index is 1.25. The van der Waals surface area contributed by atoms with Gasteiger partial charge in [0, 0.05) is 22.4 Å². The van der Waals surface area contributed by atoms with Crippen LogP contribution in [0.5, 0.6) is 0 Å². The molecule has 32 heavy (non-hydrogen) atoms. The predicted molar refractivity (Wildman–Crippen MR) is 123 cm³/mol. The molecular weight excluding hydrogens is 418 g/mol. The number of benzene rings is 2. The van der Waals surface area contributed by atoms with Crippen molar-refractivity contribution in [2.75, 3.05) is 11.9 Å². The maximum absolute atomic E-state index is 12.9. The fourth-order valence-electron chi connectivity index (χ4n) is 7.08. The Labute approximate surface area is 191 Å². The van der Waals surface area contributed by atoms with E-state index >= 15 is 0 Å². The normalized spacial score (nSPS) is 30.2. The summed E-state index contributed by atoms with van der Waals surface area (Å²) in [6.45, 7) is 0. The third-order valence-corrected chi connectivity index (χ3v) is 9.26. The molecule has 0 atom stereocenters. The van der Waals surface area contributed by atoms with Crippen LogP contribution in [0.25, 0.3) is 11.4 Å². The Kier molecular flexibility index (Phi) is 3.96.